The Bertz CT molecular complexity index is 557. The zero-order chi connectivity index (χ0) is 14.9. The summed E-state index contributed by atoms with van der Waals surface area (Å²) in [6, 6.07) is 2.23. The average molecular weight is 481 g/mol. The zero-order valence-corrected chi connectivity index (χ0v) is 16.6. The van der Waals surface area contributed by atoms with Crippen molar-refractivity contribution >= 4 is 34.2 Å². The Hall–Kier alpha value is -0.0761. The predicted octanol–water partition coefficient (Wildman–Crippen LogP) is 3.17. The molecule has 0 bridgehead atoms. The van der Waals surface area contributed by atoms with E-state index in [0.29, 0.717) is 13.0 Å². The summed E-state index contributed by atoms with van der Waals surface area (Å²) in [5.74, 6) is -1.58. The summed E-state index contributed by atoms with van der Waals surface area (Å²) in [4.78, 5) is 13.1. The number of carbonyl (C=O) groups excluding carboxylic acids is 1. The molecular formula is C14H13F2INO2Y-. The Kier molecular flexibility index (Phi) is 7.20. The number of benzene rings is 1. The van der Waals surface area contributed by atoms with Crippen LogP contribution in [0, 0.1) is 17.7 Å². The van der Waals surface area contributed by atoms with E-state index in [4.69, 9.17) is 4.74 Å². The van der Waals surface area contributed by atoms with E-state index in [1.807, 2.05) is 22.6 Å². The molecule has 3 nitrogen and oxygen atoms in total. The number of carbonyl (C=O) groups is 1. The first-order valence-corrected chi connectivity index (χ1v) is 7.35. The third kappa shape index (κ3) is 4.02. The van der Waals surface area contributed by atoms with Crippen molar-refractivity contribution in [3.63, 3.8) is 0 Å². The van der Waals surface area contributed by atoms with Gasteiger partial charge in [-0.2, -0.15) is 0 Å². The molecule has 1 aromatic rings. The minimum atomic E-state index is -0.762. The fourth-order valence-corrected chi connectivity index (χ4v) is 2.63. The standard InChI is InChI=1S/C14H13F2INO2.Y/c1-3-20-8-6-9(15)13(10(16)7-8)12-5-4-11(17)14(19)18(12)2;/h6-7,11H,3-4H2,1-2H3;/q-1;. The van der Waals surface area contributed by atoms with Crippen molar-refractivity contribution in [2.75, 3.05) is 13.7 Å². The van der Waals surface area contributed by atoms with Crippen LogP contribution in [-0.4, -0.2) is 28.4 Å². The second kappa shape index (κ2) is 7.97. The molecule has 0 aliphatic carbocycles. The van der Waals surface area contributed by atoms with Crippen molar-refractivity contribution in [1.82, 2.24) is 4.90 Å². The largest absolute Gasteiger partial charge is 0.494 e. The summed E-state index contributed by atoms with van der Waals surface area (Å²) >= 11 is 1.99. The molecule has 0 saturated heterocycles. The Labute approximate surface area is 161 Å². The van der Waals surface area contributed by atoms with Gasteiger partial charge in [0, 0.05) is 39.8 Å². The molecule has 0 saturated carbocycles. The number of halogens is 3. The summed E-state index contributed by atoms with van der Waals surface area (Å²) in [6.07, 6.45) is 3.23. The molecule has 0 N–H and O–H groups in total. The van der Waals surface area contributed by atoms with Crippen LogP contribution in [0.4, 0.5) is 8.78 Å². The second-order valence-corrected chi connectivity index (χ2v) is 5.79. The first kappa shape index (κ1) is 19.0. The molecule has 0 aromatic heterocycles. The molecule has 1 amide bonds. The molecule has 111 valence electrons. The molecule has 21 heavy (non-hydrogen) atoms. The van der Waals surface area contributed by atoms with E-state index in [-0.39, 0.29) is 59.6 Å². The van der Waals surface area contributed by atoms with E-state index in [9.17, 15) is 13.6 Å². The van der Waals surface area contributed by atoms with Crippen molar-refractivity contribution in [2.24, 2.45) is 0 Å². The smallest absolute Gasteiger partial charge is 0.235 e. The number of amides is 1. The maximum absolute atomic E-state index is 14.1. The van der Waals surface area contributed by atoms with E-state index >= 15 is 0 Å². The predicted molar refractivity (Wildman–Crippen MR) is 79.4 cm³/mol. The van der Waals surface area contributed by atoms with Crippen molar-refractivity contribution in [3.8, 4) is 5.75 Å². The van der Waals surface area contributed by atoms with Gasteiger partial charge in [0.1, 0.15) is 5.75 Å². The van der Waals surface area contributed by atoms with Gasteiger partial charge in [-0.1, -0.05) is 34.6 Å². The van der Waals surface area contributed by atoms with Crippen molar-refractivity contribution < 1.29 is 51.0 Å². The molecule has 0 fully saturated rings. The van der Waals surface area contributed by atoms with Crippen LogP contribution in [0.3, 0.4) is 0 Å². The van der Waals surface area contributed by atoms with Crippen LogP contribution < -0.4 is 4.74 Å². The quantitative estimate of drug-likeness (QED) is 0.378. The molecule has 1 aliphatic heterocycles. The summed E-state index contributed by atoms with van der Waals surface area (Å²) in [5, 5.41) is 0. The van der Waals surface area contributed by atoms with Crippen LogP contribution >= 0.6 is 22.6 Å². The summed E-state index contributed by atoms with van der Waals surface area (Å²) in [6.45, 7) is 2.05. The summed E-state index contributed by atoms with van der Waals surface area (Å²) < 4.78 is 33.0. The number of ether oxygens (including phenoxy) is 1. The van der Waals surface area contributed by atoms with Gasteiger partial charge in [0.25, 0.3) is 0 Å². The van der Waals surface area contributed by atoms with Gasteiger partial charge < -0.3 is 9.64 Å². The van der Waals surface area contributed by atoms with Crippen LogP contribution in [0.1, 0.15) is 18.9 Å². The number of alkyl halides is 1. The Morgan fingerprint density at radius 3 is 2.52 bits per heavy atom. The molecule has 1 aromatic carbocycles. The van der Waals surface area contributed by atoms with Crippen LogP contribution in [0.15, 0.2) is 12.1 Å². The Morgan fingerprint density at radius 2 is 2.00 bits per heavy atom. The van der Waals surface area contributed by atoms with Crippen LogP contribution in [0.2, 0.25) is 0 Å². The minimum absolute atomic E-state index is 0. The van der Waals surface area contributed by atoms with Crippen LogP contribution in [-0.2, 0) is 37.5 Å². The van der Waals surface area contributed by atoms with Gasteiger partial charge in [0.2, 0.25) is 5.91 Å². The van der Waals surface area contributed by atoms with Gasteiger partial charge in [-0.15, -0.1) is 5.70 Å². The molecule has 1 radical (unpaired) electrons. The third-order valence-corrected chi connectivity index (χ3v) is 3.92. The van der Waals surface area contributed by atoms with Gasteiger partial charge in [0.05, 0.1) is 22.2 Å². The van der Waals surface area contributed by atoms with Gasteiger partial charge in [-0.3, -0.25) is 4.79 Å². The van der Waals surface area contributed by atoms with Crippen LogP contribution in [0.25, 0.3) is 5.70 Å². The zero-order valence-electron chi connectivity index (χ0n) is 11.6. The molecule has 1 heterocycles. The molecular weight excluding hydrogens is 468 g/mol. The first-order valence-electron chi connectivity index (χ1n) is 6.10. The fraction of sp³-hybridized carbons (Fsp3) is 0.357. The first-order chi connectivity index (χ1) is 9.45. The van der Waals surface area contributed by atoms with Crippen molar-refractivity contribution in [2.45, 2.75) is 17.3 Å². The van der Waals surface area contributed by atoms with Crippen molar-refractivity contribution in [1.29, 1.82) is 0 Å². The number of hydrogen-bond donors (Lipinski definition) is 0. The number of rotatable bonds is 3. The average Bonchev–Trinajstić information content (AvgIpc) is 2.38. The summed E-state index contributed by atoms with van der Waals surface area (Å²) in [7, 11) is 1.49. The maximum Gasteiger partial charge on any atom is 0.235 e. The Morgan fingerprint density at radius 1 is 1.43 bits per heavy atom. The van der Waals surface area contributed by atoms with E-state index in [1.54, 1.807) is 6.92 Å². The molecule has 1 unspecified atom stereocenters. The van der Waals surface area contributed by atoms with E-state index < -0.39 is 11.6 Å². The SMILES string of the molecule is CCOc1cc(F)c(C2=[C-]CC(I)C(=O)N2C)c(F)c1.[Y]. The van der Waals surface area contributed by atoms with Gasteiger partial charge in [-0.25, -0.2) is 14.9 Å². The maximum atomic E-state index is 14.1. The monoisotopic (exact) mass is 481 g/mol. The van der Waals surface area contributed by atoms with Gasteiger partial charge >= 0.3 is 0 Å². The van der Waals surface area contributed by atoms with Crippen molar-refractivity contribution in [3.05, 3.63) is 35.4 Å². The molecule has 2 rings (SSSR count). The topological polar surface area (TPSA) is 29.5 Å². The molecule has 7 heteroatoms. The third-order valence-electron chi connectivity index (χ3n) is 2.95. The Balaban J connectivity index is 0.00000220. The number of hydrogen-bond acceptors (Lipinski definition) is 2. The molecule has 0 spiro atoms. The summed E-state index contributed by atoms with van der Waals surface area (Å²) in [5.41, 5.74) is -0.103. The van der Waals surface area contributed by atoms with Gasteiger partial charge in [0.15, 0.2) is 0 Å². The fourth-order valence-electron chi connectivity index (χ4n) is 1.99. The number of nitrogens with zero attached hydrogens (tertiary/aromatic N) is 1. The van der Waals surface area contributed by atoms with E-state index in [0.717, 1.165) is 12.1 Å². The van der Waals surface area contributed by atoms with Crippen LogP contribution in [0.5, 0.6) is 5.75 Å². The number of allylic oxidation sites excluding steroid dienone is 1. The van der Waals surface area contributed by atoms with Gasteiger partial charge in [-0.05, 0) is 19.1 Å². The second-order valence-electron chi connectivity index (χ2n) is 4.29. The van der Waals surface area contributed by atoms with E-state index in [2.05, 4.69) is 6.08 Å². The molecule has 1 aliphatic rings. The molecule has 1 atom stereocenters. The minimum Gasteiger partial charge on any atom is -0.494 e. The normalized spacial score (nSPS) is 18.1. The van der Waals surface area contributed by atoms with E-state index in [1.165, 1.54) is 11.9 Å².